The lowest BCUT2D eigenvalue weighted by Crippen LogP contribution is -2.27. The van der Waals surface area contributed by atoms with Crippen molar-refractivity contribution in [2.45, 2.75) is 39.4 Å². The van der Waals surface area contributed by atoms with Crippen molar-refractivity contribution in [2.75, 3.05) is 18.5 Å². The summed E-state index contributed by atoms with van der Waals surface area (Å²) in [6.07, 6.45) is 0.723. The molecule has 0 bridgehead atoms. The van der Waals surface area contributed by atoms with Gasteiger partial charge in [-0.05, 0) is 37.5 Å². The third kappa shape index (κ3) is 7.55. The lowest BCUT2D eigenvalue weighted by molar-refractivity contribution is -0.00443. The Morgan fingerprint density at radius 1 is 1.32 bits per heavy atom. The van der Waals surface area contributed by atoms with Crippen LogP contribution in [-0.4, -0.2) is 30.5 Å². The lowest BCUT2D eigenvalue weighted by Gasteiger charge is -2.18. The van der Waals surface area contributed by atoms with Crippen LogP contribution in [-0.2, 0) is 4.74 Å². The molecule has 0 amide bonds. The third-order valence-corrected chi connectivity index (χ3v) is 3.24. The Morgan fingerprint density at radius 3 is 2.68 bits per heavy atom. The van der Waals surface area contributed by atoms with E-state index in [1.807, 2.05) is 24.3 Å². The summed E-state index contributed by atoms with van der Waals surface area (Å²) < 4.78 is 6.65. The lowest BCUT2D eigenvalue weighted by atomic mass is 10.1. The highest BCUT2D eigenvalue weighted by molar-refractivity contribution is 9.10. The van der Waals surface area contributed by atoms with E-state index in [9.17, 15) is 5.11 Å². The van der Waals surface area contributed by atoms with E-state index in [0.29, 0.717) is 19.1 Å². The first-order chi connectivity index (χ1) is 8.97. The van der Waals surface area contributed by atoms with Gasteiger partial charge < -0.3 is 15.2 Å². The van der Waals surface area contributed by atoms with E-state index in [2.05, 4.69) is 42.0 Å². The van der Waals surface area contributed by atoms with Crippen LogP contribution in [0.1, 0.15) is 27.2 Å². The fourth-order valence-corrected chi connectivity index (χ4v) is 2.30. The molecule has 108 valence electrons. The Bertz CT molecular complexity index is 371. The van der Waals surface area contributed by atoms with Crippen molar-refractivity contribution in [3.05, 3.63) is 28.7 Å². The van der Waals surface area contributed by atoms with Gasteiger partial charge in [0.2, 0.25) is 0 Å². The fourth-order valence-electron chi connectivity index (χ4n) is 1.90. The molecule has 0 saturated heterocycles. The summed E-state index contributed by atoms with van der Waals surface area (Å²) in [5.74, 6) is 0.618. The fraction of sp³-hybridized carbons (Fsp3) is 0.600. The largest absolute Gasteiger partial charge is 0.389 e. The summed E-state index contributed by atoms with van der Waals surface area (Å²) in [6.45, 7) is 7.25. The second kappa shape index (κ2) is 8.56. The summed E-state index contributed by atoms with van der Waals surface area (Å²) in [4.78, 5) is 0. The average Bonchev–Trinajstić information content (AvgIpc) is 2.33. The highest BCUT2D eigenvalue weighted by Crippen LogP contribution is 2.15. The Hall–Kier alpha value is -0.580. The van der Waals surface area contributed by atoms with Crippen molar-refractivity contribution >= 4 is 21.6 Å². The maximum atomic E-state index is 9.86. The van der Waals surface area contributed by atoms with Gasteiger partial charge in [0.25, 0.3) is 0 Å². The first-order valence-corrected chi connectivity index (χ1v) is 7.55. The molecular weight excluding hydrogens is 306 g/mol. The number of aliphatic hydroxyl groups is 1. The molecule has 4 heteroatoms. The van der Waals surface area contributed by atoms with E-state index < -0.39 is 6.10 Å². The highest BCUT2D eigenvalue weighted by atomic mass is 79.9. The summed E-state index contributed by atoms with van der Waals surface area (Å²) in [6, 6.07) is 7.88. The molecule has 2 unspecified atom stereocenters. The van der Waals surface area contributed by atoms with Crippen LogP contribution in [0.15, 0.2) is 28.7 Å². The molecule has 1 rings (SSSR count). The van der Waals surface area contributed by atoms with Gasteiger partial charge in [0.15, 0.2) is 0 Å². The zero-order valence-electron chi connectivity index (χ0n) is 11.9. The predicted molar refractivity (Wildman–Crippen MR) is 83.5 cm³/mol. The number of anilines is 1. The molecule has 1 aromatic rings. The van der Waals surface area contributed by atoms with Crippen molar-refractivity contribution in [2.24, 2.45) is 5.92 Å². The van der Waals surface area contributed by atoms with E-state index in [0.717, 1.165) is 16.6 Å². The number of hydrogen-bond donors (Lipinski definition) is 2. The minimum atomic E-state index is -0.492. The van der Waals surface area contributed by atoms with Crippen molar-refractivity contribution < 1.29 is 9.84 Å². The topological polar surface area (TPSA) is 41.5 Å². The molecule has 1 aromatic carbocycles. The number of aliphatic hydroxyl groups excluding tert-OH is 1. The zero-order chi connectivity index (χ0) is 14.3. The normalized spacial score (nSPS) is 14.4. The van der Waals surface area contributed by atoms with Crippen molar-refractivity contribution in [1.29, 1.82) is 0 Å². The maximum absolute atomic E-state index is 9.86. The van der Waals surface area contributed by atoms with E-state index in [1.54, 1.807) is 0 Å². The van der Waals surface area contributed by atoms with Gasteiger partial charge in [-0.25, -0.2) is 0 Å². The molecule has 0 saturated carbocycles. The second-order valence-corrected chi connectivity index (χ2v) is 6.23. The first-order valence-electron chi connectivity index (χ1n) is 6.76. The SMILES string of the molecule is CC(C)CC(C)OCC(O)CNc1cccc(Br)c1. The third-order valence-electron chi connectivity index (χ3n) is 2.74. The first kappa shape index (κ1) is 16.5. The van der Waals surface area contributed by atoms with Gasteiger partial charge in [0.05, 0.1) is 18.8 Å². The van der Waals surface area contributed by atoms with Crippen molar-refractivity contribution in [3.8, 4) is 0 Å². The van der Waals surface area contributed by atoms with Crippen molar-refractivity contribution in [1.82, 2.24) is 0 Å². The number of hydrogen-bond acceptors (Lipinski definition) is 3. The smallest absolute Gasteiger partial charge is 0.0945 e. The molecular formula is C15H24BrNO2. The minimum absolute atomic E-state index is 0.195. The van der Waals surface area contributed by atoms with Gasteiger partial charge in [-0.2, -0.15) is 0 Å². The second-order valence-electron chi connectivity index (χ2n) is 5.32. The Balaban J connectivity index is 2.22. The molecule has 0 spiro atoms. The van der Waals surface area contributed by atoms with Crippen LogP contribution in [0.25, 0.3) is 0 Å². The quantitative estimate of drug-likeness (QED) is 0.764. The van der Waals surface area contributed by atoms with E-state index in [1.165, 1.54) is 0 Å². The van der Waals surface area contributed by atoms with Gasteiger partial charge >= 0.3 is 0 Å². The molecule has 0 radical (unpaired) electrons. The van der Waals surface area contributed by atoms with Crippen LogP contribution >= 0.6 is 15.9 Å². The molecule has 0 aliphatic carbocycles. The number of nitrogens with one attached hydrogen (secondary N) is 1. The van der Waals surface area contributed by atoms with E-state index in [4.69, 9.17) is 4.74 Å². The highest BCUT2D eigenvalue weighted by Gasteiger charge is 2.09. The molecule has 19 heavy (non-hydrogen) atoms. The van der Waals surface area contributed by atoms with Crippen LogP contribution in [0.4, 0.5) is 5.69 Å². The maximum Gasteiger partial charge on any atom is 0.0945 e. The number of benzene rings is 1. The number of halogens is 1. The molecule has 2 atom stereocenters. The number of ether oxygens (including phenoxy) is 1. The average molecular weight is 330 g/mol. The van der Waals surface area contributed by atoms with Gasteiger partial charge in [0.1, 0.15) is 0 Å². The zero-order valence-corrected chi connectivity index (χ0v) is 13.5. The summed E-state index contributed by atoms with van der Waals surface area (Å²) in [7, 11) is 0. The van der Waals surface area contributed by atoms with Crippen LogP contribution in [0.3, 0.4) is 0 Å². The molecule has 0 heterocycles. The van der Waals surface area contributed by atoms with Gasteiger partial charge in [-0.15, -0.1) is 0 Å². The van der Waals surface area contributed by atoms with Crippen LogP contribution in [0.2, 0.25) is 0 Å². The molecule has 3 nitrogen and oxygen atoms in total. The minimum Gasteiger partial charge on any atom is -0.389 e. The van der Waals surface area contributed by atoms with Crippen LogP contribution in [0, 0.1) is 5.92 Å². The van der Waals surface area contributed by atoms with Crippen molar-refractivity contribution in [3.63, 3.8) is 0 Å². The molecule has 0 aliphatic heterocycles. The van der Waals surface area contributed by atoms with Crippen LogP contribution in [0.5, 0.6) is 0 Å². The monoisotopic (exact) mass is 329 g/mol. The Labute approximate surface area is 124 Å². The molecule has 0 aliphatic rings. The summed E-state index contributed by atoms with van der Waals surface area (Å²) in [5, 5.41) is 13.1. The summed E-state index contributed by atoms with van der Waals surface area (Å²) >= 11 is 3.41. The van der Waals surface area contributed by atoms with Gasteiger partial charge in [0, 0.05) is 16.7 Å². The molecule has 2 N–H and O–H groups in total. The van der Waals surface area contributed by atoms with E-state index in [-0.39, 0.29) is 6.10 Å². The molecule has 0 aromatic heterocycles. The van der Waals surface area contributed by atoms with Crippen LogP contribution < -0.4 is 5.32 Å². The van der Waals surface area contributed by atoms with Gasteiger partial charge in [-0.3, -0.25) is 0 Å². The predicted octanol–water partition coefficient (Wildman–Crippen LogP) is 3.67. The molecule has 0 fully saturated rings. The Morgan fingerprint density at radius 2 is 2.05 bits per heavy atom. The van der Waals surface area contributed by atoms with E-state index >= 15 is 0 Å². The Kier molecular flexibility index (Phi) is 7.42. The standard InChI is InChI=1S/C15H24BrNO2/c1-11(2)7-12(3)19-10-15(18)9-17-14-6-4-5-13(16)8-14/h4-6,8,11-12,15,17-18H,7,9-10H2,1-3H3. The summed E-state index contributed by atoms with van der Waals surface area (Å²) in [5.41, 5.74) is 0.989. The van der Waals surface area contributed by atoms with Gasteiger partial charge in [-0.1, -0.05) is 35.8 Å². The number of rotatable bonds is 8.